The number of nitrogens with zero attached hydrogens (tertiary/aromatic N) is 3. The summed E-state index contributed by atoms with van der Waals surface area (Å²) in [6.07, 6.45) is 6.57. The minimum atomic E-state index is -0.243. The Kier molecular flexibility index (Phi) is 8.44. The number of imidazole rings is 1. The van der Waals surface area contributed by atoms with Gasteiger partial charge in [0.1, 0.15) is 5.75 Å². The maximum atomic E-state index is 12.6. The molecule has 3 aromatic rings. The van der Waals surface area contributed by atoms with Crippen molar-refractivity contribution in [2.24, 2.45) is 5.92 Å². The van der Waals surface area contributed by atoms with Crippen LogP contribution in [0.15, 0.2) is 72.1 Å². The number of aromatic amines is 1. The quantitative estimate of drug-likeness (QED) is 0.428. The molecule has 1 aromatic heterocycles. The smallest absolute Gasteiger partial charge is 0.410 e. The van der Waals surface area contributed by atoms with Crippen molar-refractivity contribution in [3.05, 3.63) is 78.1 Å². The maximum Gasteiger partial charge on any atom is 0.415 e. The van der Waals surface area contributed by atoms with Gasteiger partial charge in [0.2, 0.25) is 0 Å². The first-order valence-corrected chi connectivity index (χ1v) is 12.5. The average molecular weight is 465 g/mol. The van der Waals surface area contributed by atoms with Gasteiger partial charge in [0.15, 0.2) is 5.16 Å². The first-order chi connectivity index (χ1) is 16.2. The third-order valence-corrected chi connectivity index (χ3v) is 7.04. The van der Waals surface area contributed by atoms with Gasteiger partial charge in [-0.05, 0) is 62.0 Å². The lowest BCUT2D eigenvalue weighted by atomic mass is 9.93. The van der Waals surface area contributed by atoms with Crippen molar-refractivity contribution in [2.45, 2.75) is 36.7 Å². The first kappa shape index (κ1) is 23.4. The maximum absolute atomic E-state index is 12.6. The number of benzene rings is 2. The van der Waals surface area contributed by atoms with Gasteiger partial charge in [0, 0.05) is 37.8 Å². The third-order valence-electron chi connectivity index (χ3n) is 6.06. The molecule has 0 aliphatic carbocycles. The Morgan fingerprint density at radius 3 is 2.58 bits per heavy atom. The number of thioether (sulfide) groups is 1. The van der Waals surface area contributed by atoms with E-state index in [1.807, 2.05) is 35.4 Å². The summed E-state index contributed by atoms with van der Waals surface area (Å²) in [4.78, 5) is 24.1. The number of ether oxygens (including phenoxy) is 1. The highest BCUT2D eigenvalue weighted by Gasteiger charge is 2.24. The summed E-state index contributed by atoms with van der Waals surface area (Å²) < 4.78 is 5.61. The molecule has 1 N–H and O–H groups in total. The van der Waals surface area contributed by atoms with Crippen LogP contribution in [-0.2, 0) is 12.3 Å². The second-order valence-electron chi connectivity index (χ2n) is 8.64. The fourth-order valence-electron chi connectivity index (χ4n) is 4.08. The van der Waals surface area contributed by atoms with Crippen molar-refractivity contribution in [2.75, 3.05) is 26.7 Å². The molecule has 0 atom stereocenters. The fourth-order valence-corrected chi connectivity index (χ4v) is 4.86. The van der Waals surface area contributed by atoms with E-state index < -0.39 is 0 Å². The van der Waals surface area contributed by atoms with Crippen LogP contribution in [0.4, 0.5) is 4.79 Å². The molecule has 6 nitrogen and oxygen atoms in total. The zero-order chi connectivity index (χ0) is 22.9. The number of nitrogens with one attached hydrogen (secondary N) is 1. The van der Waals surface area contributed by atoms with E-state index in [9.17, 15) is 4.79 Å². The van der Waals surface area contributed by atoms with Crippen molar-refractivity contribution < 1.29 is 9.53 Å². The highest BCUT2D eigenvalue weighted by molar-refractivity contribution is 7.98. The van der Waals surface area contributed by atoms with Gasteiger partial charge in [-0.1, -0.05) is 54.2 Å². The lowest BCUT2D eigenvalue weighted by Gasteiger charge is -2.32. The van der Waals surface area contributed by atoms with Crippen molar-refractivity contribution >= 4 is 17.9 Å². The summed E-state index contributed by atoms with van der Waals surface area (Å²) in [5.74, 6) is 2.07. The van der Waals surface area contributed by atoms with Crippen molar-refractivity contribution in [1.29, 1.82) is 0 Å². The van der Waals surface area contributed by atoms with E-state index in [0.29, 0.717) is 11.7 Å². The molecule has 7 heteroatoms. The van der Waals surface area contributed by atoms with Crippen LogP contribution in [0, 0.1) is 5.92 Å². The predicted octanol–water partition coefficient (Wildman–Crippen LogP) is 5.43. The van der Waals surface area contributed by atoms with Crippen LogP contribution in [0.1, 0.15) is 30.4 Å². The Bertz CT molecular complexity index is 971. The Labute approximate surface area is 200 Å². The van der Waals surface area contributed by atoms with E-state index in [1.54, 1.807) is 18.0 Å². The molecule has 0 unspecified atom stereocenters. The van der Waals surface area contributed by atoms with Crippen molar-refractivity contribution in [3.63, 3.8) is 0 Å². The lowest BCUT2D eigenvalue weighted by Crippen LogP contribution is -2.40. The molecule has 174 valence electrons. The SMILES string of the molecule is CN(CCC1CCN(C(=O)Oc2ccc(CSc3ncc[nH]3)cc2)CC1)Cc1ccccc1. The average Bonchev–Trinajstić information content (AvgIpc) is 3.37. The summed E-state index contributed by atoms with van der Waals surface area (Å²) in [5.41, 5.74) is 2.51. The van der Waals surface area contributed by atoms with Gasteiger partial charge in [-0.3, -0.25) is 0 Å². The van der Waals surface area contributed by atoms with Crippen LogP contribution in [0.3, 0.4) is 0 Å². The molecule has 1 aliphatic rings. The van der Waals surface area contributed by atoms with Crippen LogP contribution >= 0.6 is 11.8 Å². The van der Waals surface area contributed by atoms with Crippen LogP contribution in [0.25, 0.3) is 0 Å². The molecule has 4 rings (SSSR count). The van der Waals surface area contributed by atoms with Crippen molar-refractivity contribution in [3.8, 4) is 5.75 Å². The van der Waals surface area contributed by atoms with Gasteiger partial charge >= 0.3 is 6.09 Å². The van der Waals surface area contributed by atoms with E-state index in [4.69, 9.17) is 4.74 Å². The lowest BCUT2D eigenvalue weighted by molar-refractivity contribution is 0.126. The number of H-pyrrole nitrogens is 1. The Balaban J connectivity index is 1.15. The molecule has 2 heterocycles. The Hall–Kier alpha value is -2.77. The zero-order valence-electron chi connectivity index (χ0n) is 19.2. The fraction of sp³-hybridized carbons (Fsp3) is 0.385. The van der Waals surface area contributed by atoms with Gasteiger partial charge in [-0.15, -0.1) is 0 Å². The first-order valence-electron chi connectivity index (χ1n) is 11.6. The standard InChI is InChI=1S/C26H32N4O2S/c1-29(19-22-5-3-2-4-6-22)16-11-21-12-17-30(18-13-21)26(31)32-24-9-7-23(8-10-24)20-33-25-27-14-15-28-25/h2-10,14-15,21H,11-13,16-20H2,1H3,(H,27,28). The summed E-state index contributed by atoms with van der Waals surface area (Å²) >= 11 is 1.64. The number of likely N-dealkylation sites (tertiary alicyclic amines) is 1. The molecule has 1 fully saturated rings. The molecule has 0 radical (unpaired) electrons. The molecule has 0 bridgehead atoms. The number of rotatable bonds is 9. The van der Waals surface area contributed by atoms with E-state index in [-0.39, 0.29) is 6.09 Å². The minimum absolute atomic E-state index is 0.243. The van der Waals surface area contributed by atoms with Crippen molar-refractivity contribution in [1.82, 2.24) is 19.8 Å². The number of hydrogen-bond acceptors (Lipinski definition) is 5. The van der Waals surface area contributed by atoms with Crippen LogP contribution in [0.5, 0.6) is 5.75 Å². The van der Waals surface area contributed by atoms with E-state index in [1.165, 1.54) is 12.0 Å². The highest BCUT2D eigenvalue weighted by Crippen LogP contribution is 2.24. The van der Waals surface area contributed by atoms with Crippen LogP contribution in [-0.4, -0.2) is 52.5 Å². The summed E-state index contributed by atoms with van der Waals surface area (Å²) in [6.45, 7) is 3.59. The Morgan fingerprint density at radius 1 is 1.12 bits per heavy atom. The van der Waals surface area contributed by atoms with Gasteiger partial charge in [0.25, 0.3) is 0 Å². The molecule has 1 aliphatic heterocycles. The monoisotopic (exact) mass is 464 g/mol. The third kappa shape index (κ3) is 7.37. The summed E-state index contributed by atoms with van der Waals surface area (Å²) in [7, 11) is 2.18. The zero-order valence-corrected chi connectivity index (χ0v) is 20.0. The topological polar surface area (TPSA) is 61.5 Å². The second-order valence-corrected chi connectivity index (χ2v) is 9.60. The Morgan fingerprint density at radius 2 is 1.88 bits per heavy atom. The van der Waals surface area contributed by atoms with Gasteiger partial charge in [-0.2, -0.15) is 0 Å². The number of carbonyl (C=O) groups is 1. The van der Waals surface area contributed by atoms with E-state index in [0.717, 1.165) is 55.5 Å². The molecular weight excluding hydrogens is 432 g/mol. The molecular formula is C26H32N4O2S. The van der Waals surface area contributed by atoms with Gasteiger partial charge in [0.05, 0.1) is 0 Å². The molecule has 2 aromatic carbocycles. The summed E-state index contributed by atoms with van der Waals surface area (Å²) in [6, 6.07) is 18.3. The number of aromatic nitrogens is 2. The minimum Gasteiger partial charge on any atom is -0.410 e. The highest BCUT2D eigenvalue weighted by atomic mass is 32.2. The molecule has 0 saturated carbocycles. The van der Waals surface area contributed by atoms with Gasteiger partial charge < -0.3 is 19.5 Å². The van der Waals surface area contributed by atoms with Crippen LogP contribution < -0.4 is 4.74 Å². The normalized spacial score (nSPS) is 14.5. The molecule has 0 spiro atoms. The molecule has 1 saturated heterocycles. The predicted molar refractivity (Wildman–Crippen MR) is 132 cm³/mol. The number of hydrogen-bond donors (Lipinski definition) is 1. The molecule has 33 heavy (non-hydrogen) atoms. The second kappa shape index (κ2) is 11.9. The number of piperidine rings is 1. The number of carbonyl (C=O) groups excluding carboxylic acids is 1. The van der Waals surface area contributed by atoms with E-state index in [2.05, 4.69) is 52.2 Å². The van der Waals surface area contributed by atoms with Gasteiger partial charge in [-0.25, -0.2) is 9.78 Å². The van der Waals surface area contributed by atoms with E-state index >= 15 is 0 Å². The summed E-state index contributed by atoms with van der Waals surface area (Å²) in [5, 5.41) is 0.900. The van der Waals surface area contributed by atoms with Crippen LogP contribution in [0.2, 0.25) is 0 Å². The molecule has 1 amide bonds. The largest absolute Gasteiger partial charge is 0.415 e. The number of amides is 1.